The van der Waals surface area contributed by atoms with Gasteiger partial charge in [-0.05, 0) is 0 Å². The number of fused-ring (bicyclic) bond motifs is 2. The van der Waals surface area contributed by atoms with Crippen LogP contribution in [0.4, 0.5) is 0 Å². The fourth-order valence-corrected chi connectivity index (χ4v) is 4.53. The zero-order chi connectivity index (χ0) is 10.5. The van der Waals surface area contributed by atoms with E-state index in [1.807, 2.05) is 0 Å². The van der Waals surface area contributed by atoms with Crippen molar-refractivity contribution in [3.63, 3.8) is 0 Å². The molecule has 0 spiro atoms. The van der Waals surface area contributed by atoms with Gasteiger partial charge in [0.15, 0.2) is 0 Å². The Bertz CT molecular complexity index is 700. The van der Waals surface area contributed by atoms with Crippen molar-refractivity contribution < 1.29 is 0 Å². The third kappa shape index (κ3) is 0.993. The molecule has 0 aliphatic carbocycles. The summed E-state index contributed by atoms with van der Waals surface area (Å²) in [6.07, 6.45) is 0. The average Bonchev–Trinajstić information content (AvgIpc) is 2.76. The van der Waals surface area contributed by atoms with E-state index in [-0.39, 0.29) is 0 Å². The minimum atomic E-state index is 0.410. The maximum absolute atomic E-state index is 4.45. The molecule has 2 nitrogen and oxygen atoms in total. The van der Waals surface area contributed by atoms with Crippen LogP contribution in [0.2, 0.25) is 0 Å². The molecule has 1 aromatic heterocycles. The van der Waals surface area contributed by atoms with Crippen LogP contribution in [0.1, 0.15) is 0 Å². The molecule has 1 aliphatic rings. The molecule has 2 heterocycles. The maximum atomic E-state index is 4.45. The number of aromatic amines is 1. The summed E-state index contributed by atoms with van der Waals surface area (Å²) >= 11 is 0.410. The molecule has 0 bridgehead atoms. The van der Waals surface area contributed by atoms with Gasteiger partial charge in [-0.3, -0.25) is 0 Å². The van der Waals surface area contributed by atoms with Crippen molar-refractivity contribution >= 4 is 34.8 Å². The molecule has 76 valence electrons. The van der Waals surface area contributed by atoms with Crippen molar-refractivity contribution in [1.82, 2.24) is 10.2 Å². The number of hydrogen-bond acceptors (Lipinski definition) is 1. The third-order valence-electron chi connectivity index (χ3n) is 2.91. The van der Waals surface area contributed by atoms with Gasteiger partial charge in [-0.2, -0.15) is 0 Å². The van der Waals surface area contributed by atoms with Gasteiger partial charge < -0.3 is 0 Å². The Morgan fingerprint density at radius 2 is 1.81 bits per heavy atom. The predicted molar refractivity (Wildman–Crippen MR) is 66.6 cm³/mol. The minimum absolute atomic E-state index is 0.410. The van der Waals surface area contributed by atoms with Crippen LogP contribution in [0.25, 0.3) is 22.2 Å². The fraction of sp³-hybridized carbons (Fsp3) is 0. The van der Waals surface area contributed by atoms with Crippen LogP contribution >= 0.6 is 0 Å². The summed E-state index contributed by atoms with van der Waals surface area (Å²) < 4.78 is 2.87. The number of nitrogens with one attached hydrogen (secondary N) is 1. The molecule has 2 aromatic carbocycles. The number of benzene rings is 2. The van der Waals surface area contributed by atoms with Crippen LogP contribution in [0, 0.1) is 0 Å². The summed E-state index contributed by atoms with van der Waals surface area (Å²) in [7, 11) is 0. The standard InChI is InChI=1S/C13H8N2Se/c1-2-6-10-8(4-1)13-12-9(14-15-13)5-3-7-11(12)16-10/h1-7H,(H,14,15). The second kappa shape index (κ2) is 2.97. The third-order valence-corrected chi connectivity index (χ3v) is 5.30. The Hall–Kier alpha value is -1.57. The van der Waals surface area contributed by atoms with E-state index in [1.165, 1.54) is 19.9 Å². The summed E-state index contributed by atoms with van der Waals surface area (Å²) in [5.41, 5.74) is 3.57. The number of nitrogens with zero attached hydrogens (tertiary/aromatic N) is 1. The van der Waals surface area contributed by atoms with E-state index in [0.717, 1.165) is 11.2 Å². The molecule has 0 atom stereocenters. The molecule has 16 heavy (non-hydrogen) atoms. The summed E-state index contributed by atoms with van der Waals surface area (Å²) in [4.78, 5) is 0. The van der Waals surface area contributed by atoms with Crippen LogP contribution < -0.4 is 8.92 Å². The summed E-state index contributed by atoms with van der Waals surface area (Å²) in [5.74, 6) is 0. The van der Waals surface area contributed by atoms with Crippen molar-refractivity contribution in [3.05, 3.63) is 42.5 Å². The van der Waals surface area contributed by atoms with Gasteiger partial charge in [0.2, 0.25) is 0 Å². The Morgan fingerprint density at radius 3 is 2.81 bits per heavy atom. The van der Waals surface area contributed by atoms with Gasteiger partial charge in [0.05, 0.1) is 0 Å². The molecular weight excluding hydrogens is 263 g/mol. The SMILES string of the molecule is c1ccc2c(c1)[Se]c1cccc3[nH]nc-2c13. The van der Waals surface area contributed by atoms with E-state index in [2.05, 4.69) is 52.7 Å². The first kappa shape index (κ1) is 8.57. The molecule has 3 heteroatoms. The molecule has 4 rings (SSSR count). The number of H-pyrrole nitrogens is 1. The monoisotopic (exact) mass is 272 g/mol. The first-order chi connectivity index (χ1) is 7.93. The first-order valence-corrected chi connectivity index (χ1v) is 6.89. The molecule has 0 amide bonds. The summed E-state index contributed by atoms with van der Waals surface area (Å²) in [5, 5.41) is 8.89. The van der Waals surface area contributed by atoms with Crippen LogP contribution in [-0.4, -0.2) is 25.2 Å². The number of rotatable bonds is 0. The Morgan fingerprint density at radius 1 is 0.938 bits per heavy atom. The Balaban J connectivity index is 2.21. The van der Waals surface area contributed by atoms with Crippen molar-refractivity contribution in [3.8, 4) is 11.3 Å². The second-order valence-corrected chi connectivity index (χ2v) is 6.12. The Labute approximate surface area is 98.8 Å². The zero-order valence-electron chi connectivity index (χ0n) is 8.40. The first-order valence-electron chi connectivity index (χ1n) is 5.18. The molecule has 1 N–H and O–H groups in total. The topological polar surface area (TPSA) is 28.7 Å². The second-order valence-electron chi connectivity index (χ2n) is 3.85. The summed E-state index contributed by atoms with van der Waals surface area (Å²) in [6, 6.07) is 15.0. The van der Waals surface area contributed by atoms with E-state index in [1.54, 1.807) is 0 Å². The van der Waals surface area contributed by atoms with Gasteiger partial charge in [0.25, 0.3) is 0 Å². The predicted octanol–water partition coefficient (Wildman–Crippen LogP) is 1.20. The molecule has 3 aromatic rings. The normalized spacial score (nSPS) is 12.8. The van der Waals surface area contributed by atoms with Gasteiger partial charge in [-0.25, -0.2) is 0 Å². The molecule has 0 radical (unpaired) electrons. The Kier molecular flexibility index (Phi) is 1.59. The quantitative estimate of drug-likeness (QED) is 0.478. The molecule has 1 aliphatic heterocycles. The number of aromatic nitrogens is 2. The van der Waals surface area contributed by atoms with Crippen LogP contribution in [0.15, 0.2) is 42.5 Å². The molecule has 0 unspecified atom stereocenters. The van der Waals surface area contributed by atoms with E-state index in [9.17, 15) is 0 Å². The summed E-state index contributed by atoms with van der Waals surface area (Å²) in [6.45, 7) is 0. The van der Waals surface area contributed by atoms with Gasteiger partial charge >= 0.3 is 98.7 Å². The van der Waals surface area contributed by atoms with Crippen LogP contribution in [0.3, 0.4) is 0 Å². The van der Waals surface area contributed by atoms with Gasteiger partial charge in [0, 0.05) is 0 Å². The average molecular weight is 271 g/mol. The zero-order valence-corrected chi connectivity index (χ0v) is 10.1. The fourth-order valence-electron chi connectivity index (χ4n) is 2.19. The van der Waals surface area contributed by atoms with E-state index < -0.39 is 0 Å². The van der Waals surface area contributed by atoms with Gasteiger partial charge in [-0.1, -0.05) is 0 Å². The van der Waals surface area contributed by atoms with Crippen molar-refractivity contribution in [2.24, 2.45) is 0 Å². The molecule has 0 saturated heterocycles. The van der Waals surface area contributed by atoms with E-state index in [4.69, 9.17) is 0 Å². The van der Waals surface area contributed by atoms with Crippen LogP contribution in [0.5, 0.6) is 0 Å². The van der Waals surface area contributed by atoms with Crippen molar-refractivity contribution in [1.29, 1.82) is 0 Å². The molecule has 0 saturated carbocycles. The molecular formula is C13H8N2Se. The molecule has 0 fully saturated rings. The van der Waals surface area contributed by atoms with E-state index >= 15 is 0 Å². The van der Waals surface area contributed by atoms with Gasteiger partial charge in [0.1, 0.15) is 0 Å². The van der Waals surface area contributed by atoms with Crippen LogP contribution in [-0.2, 0) is 0 Å². The van der Waals surface area contributed by atoms with Crippen molar-refractivity contribution in [2.75, 3.05) is 0 Å². The number of hydrogen-bond donors (Lipinski definition) is 1. The van der Waals surface area contributed by atoms with Crippen molar-refractivity contribution in [2.45, 2.75) is 0 Å². The van der Waals surface area contributed by atoms with E-state index in [0.29, 0.717) is 15.0 Å². The van der Waals surface area contributed by atoms with Gasteiger partial charge in [-0.15, -0.1) is 0 Å².